The Morgan fingerprint density at radius 1 is 1.31 bits per heavy atom. The number of rotatable bonds is 8. The number of oxazole rings is 1. The van der Waals surface area contributed by atoms with E-state index in [9.17, 15) is 14.3 Å². The number of aromatic nitrogens is 1. The average molecular weight is 404 g/mol. The number of carbonyl (C=O) groups excluding carboxylic acids is 1. The molecule has 1 aliphatic rings. The lowest BCUT2D eigenvalue weighted by molar-refractivity contribution is 0.0634. The minimum atomic E-state index is -0.501. The van der Waals surface area contributed by atoms with Gasteiger partial charge in [0.25, 0.3) is 5.91 Å². The third-order valence-corrected chi connectivity index (χ3v) is 5.07. The number of nitrogens with one attached hydrogen (secondary N) is 1. The highest BCUT2D eigenvalue weighted by atomic mass is 19.1. The average Bonchev–Trinajstić information content (AvgIpc) is 3.15. The predicted octanol–water partition coefficient (Wildman–Crippen LogP) is 2.65. The van der Waals surface area contributed by atoms with Crippen LogP contribution in [0.1, 0.15) is 41.7 Å². The van der Waals surface area contributed by atoms with E-state index in [2.05, 4.69) is 27.0 Å². The van der Waals surface area contributed by atoms with Crippen LogP contribution >= 0.6 is 0 Å². The molecule has 1 aliphatic heterocycles. The van der Waals surface area contributed by atoms with Crippen molar-refractivity contribution < 1.29 is 18.7 Å². The van der Waals surface area contributed by atoms with Crippen LogP contribution in [0.15, 0.2) is 28.9 Å². The fraction of sp³-hybridized carbons (Fsp3) is 0.524. The number of nitrogens with zero attached hydrogens (tertiary/aromatic N) is 3. The normalized spacial score (nSPS) is 16.7. The Hall–Kier alpha value is -2.29. The molecule has 3 rings (SSSR count). The maximum absolute atomic E-state index is 13.8. The number of amides is 1. The van der Waals surface area contributed by atoms with E-state index in [1.807, 2.05) is 6.92 Å². The molecular weight excluding hydrogens is 375 g/mol. The molecule has 1 amide bonds. The summed E-state index contributed by atoms with van der Waals surface area (Å²) in [4.78, 5) is 21.1. The highest BCUT2D eigenvalue weighted by Crippen LogP contribution is 2.17. The van der Waals surface area contributed by atoms with Gasteiger partial charge in [0.05, 0.1) is 18.3 Å². The molecule has 1 unspecified atom stereocenters. The second kappa shape index (κ2) is 9.96. The maximum atomic E-state index is 13.8. The zero-order chi connectivity index (χ0) is 20.8. The van der Waals surface area contributed by atoms with Crippen LogP contribution in [0.4, 0.5) is 10.1 Å². The van der Waals surface area contributed by atoms with Crippen LogP contribution in [0.3, 0.4) is 0 Å². The van der Waals surface area contributed by atoms with E-state index in [1.54, 1.807) is 12.1 Å². The molecule has 1 aromatic heterocycles. The number of β-amino-alcohol motifs (C(OH)–C–C–N with tert-alkyl or cyclic N) is 1. The summed E-state index contributed by atoms with van der Waals surface area (Å²) in [5.41, 5.74) is 1.10. The van der Waals surface area contributed by atoms with Crippen molar-refractivity contribution in [3.8, 4) is 0 Å². The first-order valence-corrected chi connectivity index (χ1v) is 10.1. The Balaban J connectivity index is 1.49. The van der Waals surface area contributed by atoms with Crippen LogP contribution in [0.5, 0.6) is 0 Å². The lowest BCUT2D eigenvalue weighted by atomic mass is 10.2. The van der Waals surface area contributed by atoms with Gasteiger partial charge in [-0.2, -0.15) is 0 Å². The van der Waals surface area contributed by atoms with Gasteiger partial charge in [0, 0.05) is 32.7 Å². The first-order chi connectivity index (χ1) is 13.9. The number of benzene rings is 1. The minimum absolute atomic E-state index is 0.126. The number of aryl methyl sites for hydroxylation is 1. The molecule has 29 heavy (non-hydrogen) atoms. The van der Waals surface area contributed by atoms with Crippen molar-refractivity contribution in [1.29, 1.82) is 0 Å². The fourth-order valence-corrected chi connectivity index (χ4v) is 3.45. The predicted molar refractivity (Wildman–Crippen MR) is 108 cm³/mol. The van der Waals surface area contributed by atoms with Crippen LogP contribution in [0.2, 0.25) is 0 Å². The molecular formula is C21H29FN4O3. The van der Waals surface area contributed by atoms with Crippen molar-refractivity contribution in [2.45, 2.75) is 39.3 Å². The van der Waals surface area contributed by atoms with Crippen LogP contribution < -0.4 is 5.32 Å². The molecule has 1 aromatic carbocycles. The molecule has 158 valence electrons. The molecule has 1 fully saturated rings. The summed E-state index contributed by atoms with van der Waals surface area (Å²) >= 11 is 0. The molecule has 2 aromatic rings. The Morgan fingerprint density at radius 3 is 2.76 bits per heavy atom. The number of carbonyl (C=O) groups is 1. The van der Waals surface area contributed by atoms with E-state index in [1.165, 1.54) is 12.3 Å². The summed E-state index contributed by atoms with van der Waals surface area (Å²) in [7, 11) is 0. The van der Waals surface area contributed by atoms with Crippen LogP contribution in [-0.2, 0) is 6.54 Å². The van der Waals surface area contributed by atoms with Gasteiger partial charge in [-0.1, -0.05) is 19.4 Å². The smallest absolute Gasteiger partial charge is 0.277 e. The van der Waals surface area contributed by atoms with E-state index in [4.69, 9.17) is 4.42 Å². The molecule has 1 atom stereocenters. The van der Waals surface area contributed by atoms with Gasteiger partial charge in [0.1, 0.15) is 12.1 Å². The number of halogens is 1. The zero-order valence-corrected chi connectivity index (χ0v) is 17.0. The quantitative estimate of drug-likeness (QED) is 0.704. The van der Waals surface area contributed by atoms with Gasteiger partial charge in [-0.3, -0.25) is 14.6 Å². The summed E-state index contributed by atoms with van der Waals surface area (Å²) in [5, 5.41) is 12.5. The van der Waals surface area contributed by atoms with Crippen LogP contribution in [0, 0.1) is 12.7 Å². The molecule has 7 nitrogen and oxygen atoms in total. The van der Waals surface area contributed by atoms with Crippen LogP contribution in [0.25, 0.3) is 0 Å². The van der Waals surface area contributed by atoms with Crippen molar-refractivity contribution in [3.05, 3.63) is 47.4 Å². The number of piperazine rings is 1. The van der Waals surface area contributed by atoms with Crippen LogP contribution in [-0.4, -0.2) is 64.6 Å². The number of hydrogen-bond acceptors (Lipinski definition) is 6. The van der Waals surface area contributed by atoms with E-state index in [0.717, 1.165) is 44.6 Å². The lowest BCUT2D eigenvalue weighted by Crippen LogP contribution is -2.48. The van der Waals surface area contributed by atoms with Gasteiger partial charge in [-0.15, -0.1) is 0 Å². The molecule has 1 saturated heterocycles. The Morgan fingerprint density at radius 2 is 2.03 bits per heavy atom. The second-order valence-electron chi connectivity index (χ2n) is 7.58. The van der Waals surface area contributed by atoms with Crippen molar-refractivity contribution in [2.24, 2.45) is 0 Å². The van der Waals surface area contributed by atoms with Gasteiger partial charge < -0.3 is 14.8 Å². The lowest BCUT2D eigenvalue weighted by Gasteiger charge is -2.34. The van der Waals surface area contributed by atoms with Crippen molar-refractivity contribution in [3.63, 3.8) is 0 Å². The highest BCUT2D eigenvalue weighted by molar-refractivity contribution is 6.02. The Bertz CT molecular complexity index is 818. The first kappa shape index (κ1) is 21.4. The number of aliphatic hydroxyl groups is 1. The van der Waals surface area contributed by atoms with E-state index < -0.39 is 11.7 Å². The number of anilines is 1. The summed E-state index contributed by atoms with van der Waals surface area (Å²) in [6.07, 6.45) is 2.85. The van der Waals surface area contributed by atoms with E-state index >= 15 is 0 Å². The fourth-order valence-electron chi connectivity index (χ4n) is 3.45. The van der Waals surface area contributed by atoms with E-state index in [0.29, 0.717) is 19.0 Å². The Kier molecular flexibility index (Phi) is 7.35. The largest absolute Gasteiger partial charge is 0.447 e. The summed E-state index contributed by atoms with van der Waals surface area (Å²) in [6, 6.07) is 4.54. The molecule has 0 radical (unpaired) electrons. The molecule has 0 aliphatic carbocycles. The number of hydrogen-bond donors (Lipinski definition) is 2. The third kappa shape index (κ3) is 6.09. The van der Waals surface area contributed by atoms with Crippen molar-refractivity contribution in [2.75, 3.05) is 38.0 Å². The highest BCUT2D eigenvalue weighted by Gasteiger charge is 2.21. The monoisotopic (exact) mass is 404 g/mol. The zero-order valence-electron chi connectivity index (χ0n) is 17.0. The number of aliphatic hydroxyl groups excluding tert-OH is 1. The summed E-state index contributed by atoms with van der Waals surface area (Å²) in [5.74, 6) is -0.534. The maximum Gasteiger partial charge on any atom is 0.277 e. The van der Waals surface area contributed by atoms with Crippen molar-refractivity contribution in [1.82, 2.24) is 14.8 Å². The van der Waals surface area contributed by atoms with Gasteiger partial charge in [-0.05, 0) is 31.0 Å². The summed E-state index contributed by atoms with van der Waals surface area (Å²) in [6.45, 7) is 8.56. The standard InChI is InChI=1S/C21H29FN4O3/c1-3-4-16(27)12-25-7-9-26(10-8-25)13-20-23-19(14-29-20)21(28)24-18-11-15(2)5-6-17(18)22/h5-6,11,14,16,27H,3-4,7-10,12-13H2,1-2H3,(H,24,28). The van der Waals surface area contributed by atoms with Gasteiger partial charge in [-0.25, -0.2) is 9.37 Å². The molecule has 0 spiro atoms. The van der Waals surface area contributed by atoms with Gasteiger partial charge >= 0.3 is 0 Å². The van der Waals surface area contributed by atoms with E-state index in [-0.39, 0.29) is 17.5 Å². The molecule has 0 bridgehead atoms. The second-order valence-corrected chi connectivity index (χ2v) is 7.58. The summed E-state index contributed by atoms with van der Waals surface area (Å²) < 4.78 is 19.3. The molecule has 2 heterocycles. The first-order valence-electron chi connectivity index (χ1n) is 10.1. The molecule has 8 heteroatoms. The Labute approximate surface area is 170 Å². The van der Waals surface area contributed by atoms with Gasteiger partial charge in [0.2, 0.25) is 5.89 Å². The topological polar surface area (TPSA) is 81.8 Å². The van der Waals surface area contributed by atoms with Crippen molar-refractivity contribution >= 4 is 11.6 Å². The molecule has 2 N–H and O–H groups in total. The van der Waals surface area contributed by atoms with Gasteiger partial charge in [0.15, 0.2) is 5.69 Å². The molecule has 0 saturated carbocycles. The SMILES string of the molecule is CCCC(O)CN1CCN(Cc2nc(C(=O)Nc3cc(C)ccc3F)co2)CC1. The third-order valence-electron chi connectivity index (χ3n) is 5.07. The minimum Gasteiger partial charge on any atom is -0.447 e.